The Balaban J connectivity index is 2.24. The Morgan fingerprint density at radius 2 is 1.88 bits per heavy atom. The van der Waals surface area contributed by atoms with Gasteiger partial charge in [-0.15, -0.1) is 0 Å². The van der Waals surface area contributed by atoms with Crippen molar-refractivity contribution in [2.45, 2.75) is 46.0 Å². The number of rotatable bonds is 7. The van der Waals surface area contributed by atoms with Crippen molar-refractivity contribution < 1.29 is 0 Å². The fourth-order valence-corrected chi connectivity index (χ4v) is 2.14. The molecule has 0 radical (unpaired) electrons. The van der Waals surface area contributed by atoms with Gasteiger partial charge >= 0.3 is 0 Å². The predicted octanol–water partition coefficient (Wildman–Crippen LogP) is 5.14. The summed E-state index contributed by atoms with van der Waals surface area (Å²) in [5.41, 5.74) is 2.51. The fourth-order valence-electron chi connectivity index (χ4n) is 1.74. The largest absolute Gasteiger partial charge is 0.384 e. The van der Waals surface area contributed by atoms with Gasteiger partial charge in [-0.05, 0) is 40.9 Å². The Kier molecular flexibility index (Phi) is 6.55. The molecule has 0 aromatic heterocycles. The van der Waals surface area contributed by atoms with Crippen molar-refractivity contribution in [1.82, 2.24) is 0 Å². The van der Waals surface area contributed by atoms with Gasteiger partial charge in [-0.2, -0.15) is 0 Å². The lowest BCUT2D eigenvalue weighted by Gasteiger charge is -2.09. The topological polar surface area (TPSA) is 12.0 Å². The minimum atomic E-state index is 1.08. The van der Waals surface area contributed by atoms with Crippen LogP contribution in [0.1, 0.15) is 44.6 Å². The Morgan fingerprint density at radius 1 is 1.12 bits per heavy atom. The lowest BCUT2D eigenvalue weighted by molar-refractivity contribution is 0.645. The molecular formula is C14H22BrN. The zero-order chi connectivity index (χ0) is 11.8. The predicted molar refractivity (Wildman–Crippen MR) is 76.1 cm³/mol. The Morgan fingerprint density at radius 3 is 2.62 bits per heavy atom. The van der Waals surface area contributed by atoms with Gasteiger partial charge in [-0.1, -0.05) is 44.7 Å². The van der Waals surface area contributed by atoms with E-state index in [9.17, 15) is 0 Å². The molecule has 1 rings (SSSR count). The van der Waals surface area contributed by atoms with Crippen LogP contribution < -0.4 is 5.32 Å². The summed E-state index contributed by atoms with van der Waals surface area (Å²) >= 11 is 3.61. The summed E-state index contributed by atoms with van der Waals surface area (Å²) in [7, 11) is 0. The highest BCUT2D eigenvalue weighted by molar-refractivity contribution is 9.10. The summed E-state index contributed by atoms with van der Waals surface area (Å²) in [5, 5.41) is 3.48. The molecule has 0 atom stereocenters. The van der Waals surface area contributed by atoms with E-state index >= 15 is 0 Å². The number of unbranched alkanes of at least 4 members (excludes halogenated alkanes) is 4. The van der Waals surface area contributed by atoms with Crippen molar-refractivity contribution in [3.8, 4) is 0 Å². The second-order valence-electron chi connectivity index (χ2n) is 4.28. The van der Waals surface area contributed by atoms with Crippen molar-refractivity contribution in [2.75, 3.05) is 11.9 Å². The number of anilines is 1. The number of benzene rings is 1. The molecule has 0 fully saturated rings. The molecule has 0 amide bonds. The molecule has 2 heteroatoms. The third kappa shape index (κ3) is 4.56. The highest BCUT2D eigenvalue weighted by Gasteiger charge is 2.00. The van der Waals surface area contributed by atoms with Gasteiger partial charge in [0.1, 0.15) is 0 Å². The van der Waals surface area contributed by atoms with Crippen LogP contribution in [-0.4, -0.2) is 6.54 Å². The second kappa shape index (κ2) is 7.72. The van der Waals surface area contributed by atoms with E-state index in [2.05, 4.69) is 53.3 Å². The highest BCUT2D eigenvalue weighted by atomic mass is 79.9. The average molecular weight is 284 g/mol. The lowest BCUT2D eigenvalue weighted by atomic mass is 10.1. The van der Waals surface area contributed by atoms with Crippen LogP contribution in [0.2, 0.25) is 0 Å². The number of aryl methyl sites for hydroxylation is 1. The molecule has 0 aliphatic rings. The van der Waals surface area contributed by atoms with Crippen molar-refractivity contribution in [1.29, 1.82) is 0 Å². The maximum absolute atomic E-state index is 3.61. The van der Waals surface area contributed by atoms with E-state index in [4.69, 9.17) is 0 Å². The van der Waals surface area contributed by atoms with Gasteiger partial charge in [0.25, 0.3) is 0 Å². The van der Waals surface area contributed by atoms with Crippen LogP contribution >= 0.6 is 15.9 Å². The van der Waals surface area contributed by atoms with Gasteiger partial charge in [-0.3, -0.25) is 0 Å². The van der Waals surface area contributed by atoms with Crippen molar-refractivity contribution in [3.05, 3.63) is 28.2 Å². The lowest BCUT2D eigenvalue weighted by Crippen LogP contribution is -2.02. The normalized spacial score (nSPS) is 10.4. The molecule has 0 saturated carbocycles. The standard InChI is InChI=1S/C14H22BrN/c1-3-4-5-6-7-11-16-13-10-8-9-12(2)14(13)15/h8-10,16H,3-7,11H2,1-2H3. The van der Waals surface area contributed by atoms with Gasteiger partial charge in [0.05, 0.1) is 0 Å². The van der Waals surface area contributed by atoms with E-state index in [-0.39, 0.29) is 0 Å². The molecule has 0 unspecified atom stereocenters. The first-order valence-electron chi connectivity index (χ1n) is 6.24. The molecule has 0 aliphatic heterocycles. The zero-order valence-corrected chi connectivity index (χ0v) is 11.9. The average Bonchev–Trinajstić information content (AvgIpc) is 2.29. The fraction of sp³-hybridized carbons (Fsp3) is 0.571. The number of hydrogen-bond donors (Lipinski definition) is 1. The monoisotopic (exact) mass is 283 g/mol. The van der Waals surface area contributed by atoms with Crippen LogP contribution in [-0.2, 0) is 0 Å². The van der Waals surface area contributed by atoms with E-state index in [0.717, 1.165) is 6.54 Å². The van der Waals surface area contributed by atoms with Gasteiger partial charge in [0.2, 0.25) is 0 Å². The summed E-state index contributed by atoms with van der Waals surface area (Å²) in [6.45, 7) is 5.45. The van der Waals surface area contributed by atoms with Gasteiger partial charge < -0.3 is 5.32 Å². The smallest absolute Gasteiger partial charge is 0.0487 e. The highest BCUT2D eigenvalue weighted by Crippen LogP contribution is 2.25. The quantitative estimate of drug-likeness (QED) is 0.683. The SMILES string of the molecule is CCCCCCCNc1cccc(C)c1Br. The second-order valence-corrected chi connectivity index (χ2v) is 5.07. The minimum Gasteiger partial charge on any atom is -0.384 e. The van der Waals surface area contributed by atoms with Crippen LogP contribution in [0.5, 0.6) is 0 Å². The van der Waals surface area contributed by atoms with Gasteiger partial charge in [0.15, 0.2) is 0 Å². The van der Waals surface area contributed by atoms with Gasteiger partial charge in [0, 0.05) is 16.7 Å². The Hall–Kier alpha value is -0.500. The Labute approximate surface area is 108 Å². The van der Waals surface area contributed by atoms with E-state index < -0.39 is 0 Å². The summed E-state index contributed by atoms with van der Waals surface area (Å²) < 4.78 is 1.20. The molecule has 0 spiro atoms. The first kappa shape index (κ1) is 13.6. The Bertz CT molecular complexity index is 310. The van der Waals surface area contributed by atoms with Crippen LogP contribution in [0.3, 0.4) is 0 Å². The molecule has 0 aliphatic carbocycles. The third-order valence-corrected chi connectivity index (χ3v) is 3.84. The van der Waals surface area contributed by atoms with Crippen LogP contribution in [0.4, 0.5) is 5.69 Å². The van der Waals surface area contributed by atoms with Crippen LogP contribution in [0.15, 0.2) is 22.7 Å². The number of hydrogen-bond acceptors (Lipinski definition) is 1. The molecule has 90 valence electrons. The molecule has 1 aromatic carbocycles. The first-order valence-corrected chi connectivity index (χ1v) is 7.04. The van der Waals surface area contributed by atoms with Crippen LogP contribution in [0.25, 0.3) is 0 Å². The molecule has 1 aromatic rings. The van der Waals surface area contributed by atoms with E-state index in [1.54, 1.807) is 0 Å². The van der Waals surface area contributed by atoms with Crippen LogP contribution in [0, 0.1) is 6.92 Å². The summed E-state index contributed by atoms with van der Waals surface area (Å²) in [5.74, 6) is 0. The molecule has 1 nitrogen and oxygen atoms in total. The van der Waals surface area contributed by atoms with Crippen molar-refractivity contribution in [2.24, 2.45) is 0 Å². The summed E-state index contributed by atoms with van der Waals surface area (Å²) in [6, 6.07) is 6.35. The van der Waals surface area contributed by atoms with E-state index in [0.29, 0.717) is 0 Å². The van der Waals surface area contributed by atoms with Gasteiger partial charge in [-0.25, -0.2) is 0 Å². The molecule has 1 N–H and O–H groups in total. The zero-order valence-electron chi connectivity index (χ0n) is 10.4. The summed E-state index contributed by atoms with van der Waals surface area (Å²) in [4.78, 5) is 0. The van der Waals surface area contributed by atoms with E-state index in [1.165, 1.54) is 47.8 Å². The van der Waals surface area contributed by atoms with Crippen molar-refractivity contribution in [3.63, 3.8) is 0 Å². The minimum absolute atomic E-state index is 1.08. The molecule has 16 heavy (non-hydrogen) atoms. The number of nitrogens with one attached hydrogen (secondary N) is 1. The van der Waals surface area contributed by atoms with Crippen molar-refractivity contribution >= 4 is 21.6 Å². The maximum Gasteiger partial charge on any atom is 0.0487 e. The summed E-state index contributed by atoms with van der Waals surface area (Å²) in [6.07, 6.45) is 6.66. The number of halogens is 1. The molecule has 0 heterocycles. The third-order valence-electron chi connectivity index (χ3n) is 2.79. The first-order chi connectivity index (χ1) is 7.75. The maximum atomic E-state index is 3.61. The molecular weight excluding hydrogens is 262 g/mol. The molecule has 0 saturated heterocycles. The molecule has 0 bridgehead atoms. The van der Waals surface area contributed by atoms with E-state index in [1.807, 2.05) is 0 Å².